The zero-order valence-corrected chi connectivity index (χ0v) is 14.8. The van der Waals surface area contributed by atoms with Crippen LogP contribution in [0.2, 0.25) is 0 Å². The van der Waals surface area contributed by atoms with E-state index in [0.717, 1.165) is 24.6 Å². The van der Waals surface area contributed by atoms with Gasteiger partial charge in [0.1, 0.15) is 0 Å². The lowest BCUT2D eigenvalue weighted by atomic mass is 10.1. The Labute approximate surface area is 152 Å². The van der Waals surface area contributed by atoms with Crippen molar-refractivity contribution in [1.29, 1.82) is 0 Å². The predicted molar refractivity (Wildman–Crippen MR) is 95.9 cm³/mol. The third-order valence-corrected chi connectivity index (χ3v) is 4.85. The van der Waals surface area contributed by atoms with Crippen LogP contribution in [0.1, 0.15) is 36.9 Å². The van der Waals surface area contributed by atoms with Gasteiger partial charge in [-0.25, -0.2) is 4.79 Å². The fourth-order valence-electron chi connectivity index (χ4n) is 3.10. The van der Waals surface area contributed by atoms with Crippen molar-refractivity contribution in [2.45, 2.75) is 31.6 Å². The van der Waals surface area contributed by atoms with Crippen LogP contribution < -0.4 is 5.32 Å². The normalized spacial score (nSPS) is 19.7. The van der Waals surface area contributed by atoms with E-state index in [2.05, 4.69) is 15.5 Å². The van der Waals surface area contributed by atoms with Crippen LogP contribution in [0, 0.1) is 5.92 Å². The zero-order valence-electron chi connectivity index (χ0n) is 14.8. The summed E-state index contributed by atoms with van der Waals surface area (Å²) in [6.07, 6.45) is 4.09. The van der Waals surface area contributed by atoms with Crippen LogP contribution in [0.4, 0.5) is 10.5 Å². The van der Waals surface area contributed by atoms with Gasteiger partial charge in [0.2, 0.25) is 5.89 Å². The first-order valence-corrected chi connectivity index (χ1v) is 9.29. The first-order valence-electron chi connectivity index (χ1n) is 9.29. The summed E-state index contributed by atoms with van der Waals surface area (Å²) in [5.74, 6) is 2.17. The molecule has 1 aromatic heterocycles. The summed E-state index contributed by atoms with van der Waals surface area (Å²) in [6.45, 7) is 2.76. The van der Waals surface area contributed by atoms with E-state index in [-0.39, 0.29) is 11.9 Å². The molecule has 1 atom stereocenters. The maximum atomic E-state index is 12.4. The van der Waals surface area contributed by atoms with Gasteiger partial charge in [-0.15, -0.1) is 0 Å². The molecular weight excluding hydrogens is 332 g/mol. The number of hydrogen-bond acceptors (Lipinski definition) is 5. The van der Waals surface area contributed by atoms with Gasteiger partial charge in [0.05, 0.1) is 12.5 Å². The van der Waals surface area contributed by atoms with E-state index in [1.807, 2.05) is 30.3 Å². The van der Waals surface area contributed by atoms with E-state index in [1.54, 1.807) is 4.90 Å². The second-order valence-electron chi connectivity index (χ2n) is 7.04. The van der Waals surface area contributed by atoms with E-state index in [4.69, 9.17) is 9.26 Å². The number of hydrogen-bond donors (Lipinski definition) is 1. The smallest absolute Gasteiger partial charge is 0.321 e. The molecule has 1 unspecified atom stereocenters. The molecule has 4 rings (SSSR count). The number of urea groups is 1. The van der Waals surface area contributed by atoms with E-state index in [9.17, 15) is 4.79 Å². The molecule has 1 aliphatic carbocycles. The Hall–Kier alpha value is -2.41. The Morgan fingerprint density at radius 1 is 1.27 bits per heavy atom. The molecule has 1 aliphatic heterocycles. The number of nitrogens with one attached hydrogen (secondary N) is 1. The van der Waals surface area contributed by atoms with Crippen molar-refractivity contribution in [3.05, 3.63) is 42.0 Å². The quantitative estimate of drug-likeness (QED) is 0.771. The third-order valence-electron chi connectivity index (χ3n) is 4.85. The van der Waals surface area contributed by atoms with Gasteiger partial charge in [-0.2, -0.15) is 4.98 Å². The summed E-state index contributed by atoms with van der Waals surface area (Å²) in [7, 11) is 0. The number of carbonyl (C=O) groups excluding carboxylic acids is 1. The minimum Gasteiger partial charge on any atom is -0.381 e. The first-order chi connectivity index (χ1) is 12.8. The fourth-order valence-corrected chi connectivity index (χ4v) is 3.10. The largest absolute Gasteiger partial charge is 0.381 e. The van der Waals surface area contributed by atoms with Crippen molar-refractivity contribution in [3.8, 4) is 0 Å². The molecule has 2 aliphatic rings. The number of amides is 2. The summed E-state index contributed by atoms with van der Waals surface area (Å²) < 4.78 is 11.0. The van der Waals surface area contributed by atoms with Gasteiger partial charge in [0, 0.05) is 31.8 Å². The van der Waals surface area contributed by atoms with Crippen LogP contribution in [0.25, 0.3) is 0 Å². The van der Waals surface area contributed by atoms with Crippen LogP contribution >= 0.6 is 0 Å². The summed E-state index contributed by atoms with van der Waals surface area (Å²) >= 11 is 0. The van der Waals surface area contributed by atoms with Crippen molar-refractivity contribution >= 4 is 11.7 Å². The molecule has 7 nitrogen and oxygen atoms in total. The molecule has 138 valence electrons. The number of rotatable bonds is 7. The number of benzene rings is 1. The standard InChI is InChI=1S/C19H24N4O3/c24-19(20-16-4-2-1-3-5-16)23-10-8-15(12-23)18-21-17(22-26-18)9-11-25-13-14-6-7-14/h1-5,14-15H,6-13H2,(H,20,24). The molecule has 26 heavy (non-hydrogen) atoms. The van der Waals surface area contributed by atoms with Crippen molar-refractivity contribution in [3.63, 3.8) is 0 Å². The van der Waals surface area contributed by atoms with Crippen LogP contribution in [0.3, 0.4) is 0 Å². The second kappa shape index (κ2) is 7.86. The van der Waals surface area contributed by atoms with Gasteiger partial charge < -0.3 is 19.5 Å². The highest BCUT2D eigenvalue weighted by Crippen LogP contribution is 2.29. The second-order valence-corrected chi connectivity index (χ2v) is 7.04. The molecule has 0 spiro atoms. The van der Waals surface area contributed by atoms with Gasteiger partial charge in [-0.1, -0.05) is 23.4 Å². The molecule has 1 saturated heterocycles. The number of nitrogens with zero attached hydrogens (tertiary/aromatic N) is 3. The van der Waals surface area contributed by atoms with Crippen LogP contribution in [-0.2, 0) is 11.2 Å². The minimum atomic E-state index is -0.0908. The van der Waals surface area contributed by atoms with Gasteiger partial charge in [-0.05, 0) is 37.3 Å². The number of ether oxygens (including phenoxy) is 1. The lowest BCUT2D eigenvalue weighted by Crippen LogP contribution is -2.32. The molecule has 2 heterocycles. The van der Waals surface area contributed by atoms with Crippen molar-refractivity contribution in [1.82, 2.24) is 15.0 Å². The van der Waals surface area contributed by atoms with Gasteiger partial charge in [0.15, 0.2) is 5.82 Å². The first kappa shape index (κ1) is 17.0. The van der Waals surface area contributed by atoms with Crippen molar-refractivity contribution in [2.24, 2.45) is 5.92 Å². The molecule has 0 radical (unpaired) electrons. The van der Waals surface area contributed by atoms with E-state index >= 15 is 0 Å². The van der Waals surface area contributed by atoms with Crippen LogP contribution in [0.5, 0.6) is 0 Å². The molecule has 1 N–H and O–H groups in total. The maximum Gasteiger partial charge on any atom is 0.321 e. The van der Waals surface area contributed by atoms with Crippen molar-refractivity contribution < 1.29 is 14.1 Å². The molecular formula is C19H24N4O3. The van der Waals surface area contributed by atoms with Crippen LogP contribution in [0.15, 0.2) is 34.9 Å². The summed E-state index contributed by atoms with van der Waals surface area (Å²) in [6, 6.07) is 9.38. The SMILES string of the molecule is O=C(Nc1ccccc1)N1CCC(c2nc(CCOCC3CC3)no2)C1. The molecule has 1 saturated carbocycles. The lowest BCUT2D eigenvalue weighted by molar-refractivity contribution is 0.125. The van der Waals surface area contributed by atoms with E-state index in [0.29, 0.717) is 37.8 Å². The van der Waals surface area contributed by atoms with Gasteiger partial charge in [0.25, 0.3) is 0 Å². The fraction of sp³-hybridized carbons (Fsp3) is 0.526. The highest BCUT2D eigenvalue weighted by molar-refractivity contribution is 5.89. The van der Waals surface area contributed by atoms with E-state index in [1.165, 1.54) is 12.8 Å². The number of likely N-dealkylation sites (tertiary alicyclic amines) is 1. The molecule has 2 aromatic rings. The average molecular weight is 356 g/mol. The predicted octanol–water partition coefficient (Wildman–Crippen LogP) is 3.06. The summed E-state index contributed by atoms with van der Waals surface area (Å²) in [4.78, 5) is 18.6. The average Bonchev–Trinajstić information content (AvgIpc) is 3.16. The van der Waals surface area contributed by atoms with Crippen LogP contribution in [-0.4, -0.2) is 47.4 Å². The highest BCUT2D eigenvalue weighted by Gasteiger charge is 2.31. The minimum absolute atomic E-state index is 0.0908. The summed E-state index contributed by atoms with van der Waals surface area (Å²) in [5.41, 5.74) is 0.798. The van der Waals surface area contributed by atoms with Gasteiger partial charge >= 0.3 is 6.03 Å². The molecule has 7 heteroatoms. The number of aromatic nitrogens is 2. The van der Waals surface area contributed by atoms with Gasteiger partial charge in [-0.3, -0.25) is 0 Å². The lowest BCUT2D eigenvalue weighted by Gasteiger charge is -2.16. The Bertz CT molecular complexity index is 729. The third kappa shape index (κ3) is 4.40. The summed E-state index contributed by atoms with van der Waals surface area (Å²) in [5, 5.41) is 6.96. The molecule has 0 bridgehead atoms. The Morgan fingerprint density at radius 3 is 2.92 bits per heavy atom. The Kier molecular flexibility index (Phi) is 5.15. The monoisotopic (exact) mass is 356 g/mol. The Balaban J connectivity index is 1.24. The number of anilines is 1. The topological polar surface area (TPSA) is 80.5 Å². The highest BCUT2D eigenvalue weighted by atomic mass is 16.5. The molecule has 2 amide bonds. The number of carbonyl (C=O) groups is 1. The Morgan fingerprint density at radius 2 is 2.12 bits per heavy atom. The van der Waals surface area contributed by atoms with E-state index < -0.39 is 0 Å². The molecule has 1 aromatic carbocycles. The zero-order chi connectivity index (χ0) is 17.8. The maximum absolute atomic E-state index is 12.4. The number of para-hydroxylation sites is 1. The molecule has 2 fully saturated rings. The van der Waals surface area contributed by atoms with Crippen molar-refractivity contribution in [2.75, 3.05) is 31.6 Å².